The molecule has 0 bridgehead atoms. The summed E-state index contributed by atoms with van der Waals surface area (Å²) in [5, 5.41) is 12.3. The predicted molar refractivity (Wildman–Crippen MR) is 72.3 cm³/mol. The lowest BCUT2D eigenvalue weighted by molar-refractivity contribution is 0.0947. The summed E-state index contributed by atoms with van der Waals surface area (Å²) in [5.74, 6) is 0.604. The van der Waals surface area contributed by atoms with Gasteiger partial charge in [0.15, 0.2) is 0 Å². The van der Waals surface area contributed by atoms with E-state index in [0.29, 0.717) is 17.4 Å². The molecule has 0 aliphatic rings. The number of ether oxygens (including phenoxy) is 1. The first-order valence-corrected chi connectivity index (χ1v) is 5.82. The van der Waals surface area contributed by atoms with Crippen LogP contribution in [0.2, 0.25) is 0 Å². The van der Waals surface area contributed by atoms with Crippen molar-refractivity contribution in [3.63, 3.8) is 0 Å². The van der Waals surface area contributed by atoms with Gasteiger partial charge in [0.25, 0.3) is 5.91 Å². The number of nitrogens with two attached hydrogens (primary N) is 1. The van der Waals surface area contributed by atoms with Crippen LogP contribution < -0.4 is 15.8 Å². The van der Waals surface area contributed by atoms with E-state index in [0.717, 1.165) is 0 Å². The van der Waals surface area contributed by atoms with Gasteiger partial charge >= 0.3 is 0 Å². The maximum absolute atomic E-state index is 11.9. The summed E-state index contributed by atoms with van der Waals surface area (Å²) in [6, 6.07) is 5.99. The number of nitrogen functional groups attached to an aromatic ring is 1. The Morgan fingerprint density at radius 2 is 2.25 bits per heavy atom. The number of carbonyl (C=O) groups is 1. The maximum Gasteiger partial charge on any atom is 0.255 e. The number of hydrogen-bond acceptors (Lipinski definition) is 6. The number of methoxy groups -OCH3 is 1. The second kappa shape index (κ2) is 5.87. The lowest BCUT2D eigenvalue weighted by Crippen LogP contribution is -2.24. The lowest BCUT2D eigenvalue weighted by atomic mass is 10.2. The number of hydrogen-bond donors (Lipinski definition) is 3. The van der Waals surface area contributed by atoms with Gasteiger partial charge < -0.3 is 20.9 Å². The molecule has 2 rings (SSSR count). The van der Waals surface area contributed by atoms with Crippen molar-refractivity contribution in [1.82, 2.24) is 15.3 Å². The summed E-state index contributed by atoms with van der Waals surface area (Å²) in [4.78, 5) is 19.8. The van der Waals surface area contributed by atoms with E-state index < -0.39 is 5.91 Å². The van der Waals surface area contributed by atoms with Crippen molar-refractivity contribution in [1.29, 1.82) is 0 Å². The average Bonchev–Trinajstić information content (AvgIpc) is 2.44. The minimum absolute atomic E-state index is 0.120. The number of benzene rings is 1. The van der Waals surface area contributed by atoms with E-state index in [2.05, 4.69) is 15.3 Å². The van der Waals surface area contributed by atoms with Gasteiger partial charge in [-0.15, -0.1) is 0 Å². The van der Waals surface area contributed by atoms with E-state index in [9.17, 15) is 9.90 Å². The number of rotatable bonds is 4. The fraction of sp³-hybridized carbons (Fsp3) is 0.154. The molecule has 104 valence electrons. The summed E-state index contributed by atoms with van der Waals surface area (Å²) < 4.78 is 4.95. The van der Waals surface area contributed by atoms with Gasteiger partial charge in [0, 0.05) is 12.3 Å². The van der Waals surface area contributed by atoms with Gasteiger partial charge in [-0.3, -0.25) is 4.79 Å². The zero-order valence-electron chi connectivity index (χ0n) is 10.8. The number of phenolic OH excluding ortho intramolecular Hbond substituents is 1. The molecular formula is C13H14N4O3. The average molecular weight is 274 g/mol. The highest BCUT2D eigenvalue weighted by molar-refractivity contribution is 5.96. The molecule has 2 aromatic rings. The molecule has 1 amide bonds. The topological polar surface area (TPSA) is 110 Å². The minimum atomic E-state index is -0.434. The number of phenols is 1. The minimum Gasteiger partial charge on any atom is -0.507 e. The summed E-state index contributed by atoms with van der Waals surface area (Å²) in [6.45, 7) is 0.120. The van der Waals surface area contributed by atoms with E-state index in [1.807, 2.05) is 0 Å². The molecule has 0 spiro atoms. The van der Waals surface area contributed by atoms with Crippen LogP contribution in [-0.4, -0.2) is 28.1 Å². The molecule has 20 heavy (non-hydrogen) atoms. The van der Waals surface area contributed by atoms with Gasteiger partial charge in [-0.25, -0.2) is 9.97 Å². The molecule has 0 aliphatic heterocycles. The quantitative estimate of drug-likeness (QED) is 0.757. The van der Waals surface area contributed by atoms with Crippen molar-refractivity contribution >= 4 is 11.7 Å². The summed E-state index contributed by atoms with van der Waals surface area (Å²) in [5.41, 5.74) is 5.66. The highest BCUT2D eigenvalue weighted by atomic mass is 16.5. The van der Waals surface area contributed by atoms with Crippen LogP contribution in [0.25, 0.3) is 0 Å². The van der Waals surface area contributed by atoms with Gasteiger partial charge in [0.1, 0.15) is 23.1 Å². The van der Waals surface area contributed by atoms with Crippen molar-refractivity contribution in [2.75, 3.05) is 12.8 Å². The first-order valence-electron chi connectivity index (χ1n) is 5.82. The Labute approximate surface area is 115 Å². The number of nitrogens with zero attached hydrogens (tertiary/aromatic N) is 2. The Bertz CT molecular complexity index is 631. The first kappa shape index (κ1) is 13.6. The predicted octanol–water partition coefficient (Wildman–Crippen LogP) is 0.703. The maximum atomic E-state index is 11.9. The normalized spacial score (nSPS) is 10.1. The Morgan fingerprint density at radius 1 is 1.45 bits per heavy atom. The van der Waals surface area contributed by atoms with Crippen LogP contribution in [0.1, 0.15) is 16.2 Å². The molecule has 0 unspecified atom stereocenters. The van der Waals surface area contributed by atoms with Crippen LogP contribution in [0.3, 0.4) is 0 Å². The summed E-state index contributed by atoms with van der Waals surface area (Å²) in [6.07, 6.45) is 1.51. The van der Waals surface area contributed by atoms with Crippen molar-refractivity contribution < 1.29 is 14.6 Å². The van der Waals surface area contributed by atoms with Gasteiger partial charge in [0.2, 0.25) is 0 Å². The van der Waals surface area contributed by atoms with Gasteiger partial charge in [-0.2, -0.15) is 0 Å². The molecule has 1 heterocycles. The van der Waals surface area contributed by atoms with Gasteiger partial charge in [-0.1, -0.05) is 0 Å². The smallest absolute Gasteiger partial charge is 0.255 e. The fourth-order valence-electron chi connectivity index (χ4n) is 1.58. The molecule has 0 fully saturated rings. The number of anilines is 1. The van der Waals surface area contributed by atoms with Gasteiger partial charge in [0.05, 0.1) is 19.2 Å². The van der Waals surface area contributed by atoms with Crippen LogP contribution in [0.15, 0.2) is 30.5 Å². The highest BCUT2D eigenvalue weighted by Crippen LogP contribution is 2.23. The van der Waals surface area contributed by atoms with Crippen molar-refractivity contribution in [3.05, 3.63) is 41.9 Å². The van der Waals surface area contributed by atoms with E-state index in [4.69, 9.17) is 10.5 Å². The number of carbonyl (C=O) groups excluding carboxylic acids is 1. The van der Waals surface area contributed by atoms with Crippen LogP contribution in [0, 0.1) is 0 Å². The van der Waals surface area contributed by atoms with E-state index in [1.165, 1.54) is 25.4 Å². The van der Waals surface area contributed by atoms with Crippen LogP contribution in [0.5, 0.6) is 11.5 Å². The van der Waals surface area contributed by atoms with Crippen LogP contribution in [0.4, 0.5) is 5.82 Å². The molecule has 1 aromatic carbocycles. The number of aromatic nitrogens is 2. The SMILES string of the molecule is COc1ccc(C(=O)NCc2nccc(N)n2)c(O)c1. The third-order valence-corrected chi connectivity index (χ3v) is 2.58. The molecule has 7 nitrogen and oxygen atoms in total. The molecule has 0 aliphatic carbocycles. The third kappa shape index (κ3) is 3.14. The second-order valence-electron chi connectivity index (χ2n) is 3.96. The van der Waals surface area contributed by atoms with E-state index >= 15 is 0 Å². The van der Waals surface area contributed by atoms with Crippen molar-refractivity contribution in [2.45, 2.75) is 6.54 Å². The number of aromatic hydroxyl groups is 1. The number of nitrogens with one attached hydrogen (secondary N) is 1. The second-order valence-corrected chi connectivity index (χ2v) is 3.96. The zero-order valence-corrected chi connectivity index (χ0v) is 10.8. The molecule has 1 aromatic heterocycles. The van der Waals surface area contributed by atoms with Gasteiger partial charge in [-0.05, 0) is 18.2 Å². The lowest BCUT2D eigenvalue weighted by Gasteiger charge is -2.07. The zero-order chi connectivity index (χ0) is 14.5. The molecule has 0 saturated heterocycles. The van der Waals surface area contributed by atoms with E-state index in [1.54, 1.807) is 12.1 Å². The highest BCUT2D eigenvalue weighted by Gasteiger charge is 2.12. The Kier molecular flexibility index (Phi) is 3.99. The van der Waals surface area contributed by atoms with Crippen LogP contribution in [-0.2, 0) is 6.54 Å². The van der Waals surface area contributed by atoms with Crippen molar-refractivity contribution in [2.24, 2.45) is 0 Å². The molecule has 0 radical (unpaired) electrons. The van der Waals surface area contributed by atoms with Crippen LogP contribution >= 0.6 is 0 Å². The monoisotopic (exact) mass is 274 g/mol. The number of amides is 1. The Balaban J connectivity index is 2.05. The first-order chi connectivity index (χ1) is 9.60. The largest absolute Gasteiger partial charge is 0.507 e. The summed E-state index contributed by atoms with van der Waals surface area (Å²) in [7, 11) is 1.48. The van der Waals surface area contributed by atoms with Crippen molar-refractivity contribution in [3.8, 4) is 11.5 Å². The standard InChI is InChI=1S/C13H14N4O3/c1-20-8-2-3-9(10(18)6-8)13(19)16-7-12-15-5-4-11(14)17-12/h2-6,18H,7H2,1H3,(H,16,19)(H2,14,15,17). The molecule has 0 atom stereocenters. The molecule has 4 N–H and O–H groups in total. The Morgan fingerprint density at radius 3 is 2.90 bits per heavy atom. The fourth-order valence-corrected chi connectivity index (χ4v) is 1.58. The van der Waals surface area contributed by atoms with E-state index in [-0.39, 0.29) is 17.9 Å². The molecule has 7 heteroatoms. The molecular weight excluding hydrogens is 260 g/mol. The summed E-state index contributed by atoms with van der Waals surface area (Å²) >= 11 is 0. The molecule has 0 saturated carbocycles. The third-order valence-electron chi connectivity index (χ3n) is 2.58. The Hall–Kier alpha value is -2.83.